The number of nitrogens with zero attached hydrogens (tertiary/aromatic N) is 2. The summed E-state index contributed by atoms with van der Waals surface area (Å²) in [4.78, 5) is 4.54. The van der Waals surface area contributed by atoms with Gasteiger partial charge in [-0.2, -0.15) is 0 Å². The molecule has 3 aliphatic rings. The van der Waals surface area contributed by atoms with Crippen LogP contribution in [0.1, 0.15) is 104 Å². The van der Waals surface area contributed by atoms with Crippen molar-refractivity contribution in [1.82, 2.24) is 9.80 Å². The fourth-order valence-corrected chi connectivity index (χ4v) is 6.06. The Morgan fingerprint density at radius 3 is 1.60 bits per heavy atom. The predicted molar refractivity (Wildman–Crippen MR) is 122 cm³/mol. The lowest BCUT2D eigenvalue weighted by molar-refractivity contribution is -0.131. The van der Waals surface area contributed by atoms with Gasteiger partial charge in [0, 0.05) is 26.2 Å². The lowest BCUT2D eigenvalue weighted by Gasteiger charge is -2.41. The van der Waals surface area contributed by atoms with Crippen molar-refractivity contribution in [1.29, 1.82) is 0 Å². The van der Waals surface area contributed by atoms with Crippen molar-refractivity contribution >= 4 is 0 Å². The minimum absolute atomic E-state index is 0.598. The molecule has 0 aromatic rings. The molecule has 5 heteroatoms. The molecule has 3 fully saturated rings. The van der Waals surface area contributed by atoms with E-state index in [4.69, 9.17) is 0 Å². The third-order valence-electron chi connectivity index (χ3n) is 8.13. The van der Waals surface area contributed by atoms with Gasteiger partial charge >= 0.3 is 0 Å². The van der Waals surface area contributed by atoms with Crippen molar-refractivity contribution in [3.05, 3.63) is 11.6 Å². The summed E-state index contributed by atoms with van der Waals surface area (Å²) >= 11 is 0. The molecule has 0 radical (unpaired) electrons. The van der Waals surface area contributed by atoms with Crippen LogP contribution in [0, 0.1) is 0 Å². The molecule has 174 valence electrons. The van der Waals surface area contributed by atoms with Crippen LogP contribution in [-0.4, -0.2) is 68.3 Å². The summed E-state index contributed by atoms with van der Waals surface area (Å²) < 4.78 is 0. The van der Waals surface area contributed by atoms with Gasteiger partial charge in [-0.1, -0.05) is 25.8 Å². The zero-order valence-corrected chi connectivity index (χ0v) is 19.5. The van der Waals surface area contributed by atoms with Crippen LogP contribution in [0.15, 0.2) is 11.6 Å². The molecule has 5 nitrogen and oxygen atoms in total. The number of aliphatic hydroxyl groups is 3. The summed E-state index contributed by atoms with van der Waals surface area (Å²) in [5.74, 6) is 0. The molecule has 0 atom stereocenters. The molecule has 0 aromatic carbocycles. The fourth-order valence-electron chi connectivity index (χ4n) is 6.06. The smallest absolute Gasteiger partial charge is 0.118 e. The highest BCUT2D eigenvalue weighted by Gasteiger charge is 2.40. The van der Waals surface area contributed by atoms with Crippen molar-refractivity contribution in [2.75, 3.05) is 26.2 Å². The first kappa shape index (κ1) is 24.2. The third-order valence-corrected chi connectivity index (χ3v) is 8.13. The molecule has 3 N–H and O–H groups in total. The molecule has 30 heavy (non-hydrogen) atoms. The molecule has 0 bridgehead atoms. The molecule has 3 saturated carbocycles. The van der Waals surface area contributed by atoms with Gasteiger partial charge in [0.1, 0.15) is 11.4 Å². The Hall–Kier alpha value is -0.460. The molecule has 0 unspecified atom stereocenters. The van der Waals surface area contributed by atoms with Crippen molar-refractivity contribution in [2.24, 2.45) is 0 Å². The highest BCUT2D eigenvalue weighted by molar-refractivity contribution is 5.16. The molecular formula is C25H46N2O3. The predicted octanol–water partition coefficient (Wildman–Crippen LogP) is 4.17. The Balaban J connectivity index is 1.62. The molecule has 0 heterocycles. The molecule has 3 rings (SSSR count). The van der Waals surface area contributed by atoms with Crippen LogP contribution in [0.25, 0.3) is 0 Å². The SMILES string of the molecule is CCCN(CCN(CC/C=C(/C)C1(O)CCCC1)C1(O)CCCC1)C1(O)CCCC1. The van der Waals surface area contributed by atoms with Gasteiger partial charge in [0.05, 0.1) is 5.60 Å². The Morgan fingerprint density at radius 1 is 0.700 bits per heavy atom. The van der Waals surface area contributed by atoms with Gasteiger partial charge in [-0.3, -0.25) is 9.80 Å². The summed E-state index contributed by atoms with van der Waals surface area (Å²) in [6, 6.07) is 0. The maximum Gasteiger partial charge on any atom is 0.118 e. The van der Waals surface area contributed by atoms with Crippen LogP contribution < -0.4 is 0 Å². The van der Waals surface area contributed by atoms with Gasteiger partial charge in [0.15, 0.2) is 0 Å². The molecular weight excluding hydrogens is 376 g/mol. The Kier molecular flexibility index (Phi) is 8.42. The van der Waals surface area contributed by atoms with E-state index < -0.39 is 17.1 Å². The number of rotatable bonds is 11. The zero-order valence-electron chi connectivity index (χ0n) is 19.5. The fraction of sp³-hybridized carbons (Fsp3) is 0.920. The first-order chi connectivity index (χ1) is 14.3. The second-order valence-corrected chi connectivity index (χ2v) is 10.3. The minimum Gasteiger partial charge on any atom is -0.386 e. The van der Waals surface area contributed by atoms with Crippen LogP contribution >= 0.6 is 0 Å². The normalized spacial score (nSPS) is 25.6. The van der Waals surface area contributed by atoms with Crippen molar-refractivity contribution in [3.63, 3.8) is 0 Å². The van der Waals surface area contributed by atoms with Crippen molar-refractivity contribution < 1.29 is 15.3 Å². The Labute approximate surface area is 184 Å². The second kappa shape index (κ2) is 10.4. The quantitative estimate of drug-likeness (QED) is 0.344. The van der Waals surface area contributed by atoms with Gasteiger partial charge in [-0.05, 0) is 89.5 Å². The summed E-state index contributed by atoms with van der Waals surface area (Å²) in [7, 11) is 0. The minimum atomic E-state index is -0.706. The van der Waals surface area contributed by atoms with Crippen LogP contribution in [0.5, 0.6) is 0 Å². The van der Waals surface area contributed by atoms with E-state index in [-0.39, 0.29) is 0 Å². The van der Waals surface area contributed by atoms with Crippen LogP contribution in [0.2, 0.25) is 0 Å². The summed E-state index contributed by atoms with van der Waals surface area (Å²) in [5.41, 5.74) is -0.852. The van der Waals surface area contributed by atoms with Gasteiger partial charge in [0.2, 0.25) is 0 Å². The molecule has 3 aliphatic carbocycles. The monoisotopic (exact) mass is 422 g/mol. The lowest BCUT2D eigenvalue weighted by Crippen LogP contribution is -2.54. The van der Waals surface area contributed by atoms with E-state index in [1.165, 1.54) is 0 Å². The average molecular weight is 423 g/mol. The standard InChI is InChI=1S/C25H46N2O3/c1-3-18-26(24(29)14-6-7-15-24)20-21-27(25(30)16-8-9-17-25)19-10-11-22(2)23(28)12-4-5-13-23/h11,28-30H,3-10,12-21H2,1-2H3/b22-11-. The van der Waals surface area contributed by atoms with Crippen LogP contribution in [-0.2, 0) is 0 Å². The first-order valence-electron chi connectivity index (χ1n) is 12.7. The van der Waals surface area contributed by atoms with E-state index in [9.17, 15) is 15.3 Å². The second-order valence-electron chi connectivity index (χ2n) is 10.3. The van der Waals surface area contributed by atoms with E-state index in [0.717, 1.165) is 122 Å². The Morgan fingerprint density at radius 2 is 1.13 bits per heavy atom. The average Bonchev–Trinajstić information content (AvgIpc) is 3.46. The number of hydrogen-bond donors (Lipinski definition) is 3. The van der Waals surface area contributed by atoms with E-state index in [2.05, 4.69) is 29.7 Å². The zero-order chi connectivity index (χ0) is 21.7. The Bertz CT molecular complexity index is 559. The van der Waals surface area contributed by atoms with Gasteiger partial charge in [-0.15, -0.1) is 0 Å². The summed E-state index contributed by atoms with van der Waals surface area (Å²) in [6.45, 7) is 7.56. The highest BCUT2D eigenvalue weighted by Crippen LogP contribution is 2.37. The maximum atomic E-state index is 11.3. The van der Waals surface area contributed by atoms with Gasteiger partial charge in [-0.25, -0.2) is 0 Å². The molecule has 0 saturated heterocycles. The van der Waals surface area contributed by atoms with E-state index in [1.807, 2.05) is 0 Å². The number of hydrogen-bond acceptors (Lipinski definition) is 5. The van der Waals surface area contributed by atoms with E-state index >= 15 is 0 Å². The third kappa shape index (κ3) is 5.66. The highest BCUT2D eigenvalue weighted by atomic mass is 16.3. The van der Waals surface area contributed by atoms with Gasteiger partial charge in [0.25, 0.3) is 0 Å². The van der Waals surface area contributed by atoms with Crippen LogP contribution in [0.4, 0.5) is 0 Å². The van der Waals surface area contributed by atoms with E-state index in [1.54, 1.807) is 0 Å². The lowest BCUT2D eigenvalue weighted by atomic mass is 9.92. The summed E-state index contributed by atoms with van der Waals surface area (Å²) in [6.07, 6.45) is 15.9. The topological polar surface area (TPSA) is 67.2 Å². The van der Waals surface area contributed by atoms with E-state index in [0.29, 0.717) is 0 Å². The molecule has 0 amide bonds. The van der Waals surface area contributed by atoms with Gasteiger partial charge < -0.3 is 15.3 Å². The summed E-state index contributed by atoms with van der Waals surface area (Å²) in [5, 5.41) is 33.3. The molecule has 0 aliphatic heterocycles. The van der Waals surface area contributed by atoms with Crippen LogP contribution in [0.3, 0.4) is 0 Å². The largest absolute Gasteiger partial charge is 0.386 e. The maximum absolute atomic E-state index is 11.3. The first-order valence-corrected chi connectivity index (χ1v) is 12.7. The van der Waals surface area contributed by atoms with Crippen molar-refractivity contribution in [2.45, 2.75) is 121 Å². The van der Waals surface area contributed by atoms with Crippen molar-refractivity contribution in [3.8, 4) is 0 Å². The molecule has 0 spiro atoms. The molecule has 0 aromatic heterocycles.